The van der Waals surface area contributed by atoms with Crippen molar-refractivity contribution in [1.82, 2.24) is 20.1 Å². The van der Waals surface area contributed by atoms with Crippen LogP contribution in [0.25, 0.3) is 0 Å². The molecule has 1 aliphatic rings. The lowest BCUT2D eigenvalue weighted by molar-refractivity contribution is -0.132. The number of carbonyl (C=O) groups is 1. The summed E-state index contributed by atoms with van der Waals surface area (Å²) in [6, 6.07) is 3.86. The number of pyridine rings is 1. The lowest BCUT2D eigenvalue weighted by Crippen LogP contribution is -2.38. The van der Waals surface area contributed by atoms with Crippen molar-refractivity contribution < 1.29 is 9.21 Å². The van der Waals surface area contributed by atoms with Gasteiger partial charge in [-0.15, -0.1) is 5.10 Å². The molecule has 22 heavy (non-hydrogen) atoms. The Morgan fingerprint density at radius 3 is 2.68 bits per heavy atom. The van der Waals surface area contributed by atoms with E-state index in [9.17, 15) is 9.59 Å². The number of hydrogen-bond acceptors (Lipinski definition) is 5. The molecule has 1 N–H and O–H groups in total. The minimum Gasteiger partial charge on any atom is -0.392 e. The average Bonchev–Trinajstić information content (AvgIpc) is 3.00. The molecule has 1 amide bonds. The van der Waals surface area contributed by atoms with Crippen LogP contribution in [0.3, 0.4) is 0 Å². The summed E-state index contributed by atoms with van der Waals surface area (Å²) in [5.41, 5.74) is 1.12. The topological polar surface area (TPSA) is 92.1 Å². The second-order valence-electron chi connectivity index (χ2n) is 5.46. The van der Waals surface area contributed by atoms with Crippen LogP contribution in [0.2, 0.25) is 0 Å². The molecular weight excluding hydrogens is 284 g/mol. The number of aryl methyl sites for hydroxylation is 1. The molecule has 3 heterocycles. The Balaban J connectivity index is 1.48. The Morgan fingerprint density at radius 1 is 1.32 bits per heavy atom. The number of nitrogens with zero attached hydrogens (tertiary/aromatic N) is 3. The number of likely N-dealkylation sites (tertiary alicyclic amines) is 1. The minimum absolute atomic E-state index is 0.114. The predicted molar refractivity (Wildman–Crippen MR) is 78.2 cm³/mol. The van der Waals surface area contributed by atoms with E-state index in [2.05, 4.69) is 15.2 Å². The fraction of sp³-hybridized carbons (Fsp3) is 0.467. The number of aromatic nitrogens is 3. The van der Waals surface area contributed by atoms with Gasteiger partial charge in [0.05, 0.1) is 0 Å². The molecule has 1 saturated heterocycles. The van der Waals surface area contributed by atoms with Crippen molar-refractivity contribution in [2.45, 2.75) is 31.6 Å². The Bertz CT molecular complexity index is 671. The highest BCUT2D eigenvalue weighted by Crippen LogP contribution is 2.26. The van der Waals surface area contributed by atoms with Crippen molar-refractivity contribution >= 4 is 5.91 Å². The Morgan fingerprint density at radius 2 is 2.05 bits per heavy atom. The van der Waals surface area contributed by atoms with E-state index in [0.29, 0.717) is 25.4 Å². The van der Waals surface area contributed by atoms with Crippen LogP contribution in [0.1, 0.15) is 36.6 Å². The summed E-state index contributed by atoms with van der Waals surface area (Å²) in [5.74, 6) is 0.210. The highest BCUT2D eigenvalue weighted by atomic mass is 16.4. The zero-order chi connectivity index (χ0) is 15.4. The molecule has 116 valence electrons. The maximum Gasteiger partial charge on any atom is 0.434 e. The van der Waals surface area contributed by atoms with Crippen LogP contribution >= 0.6 is 0 Å². The maximum absolute atomic E-state index is 12.2. The van der Waals surface area contributed by atoms with Crippen molar-refractivity contribution in [2.24, 2.45) is 0 Å². The number of rotatable bonds is 4. The number of aromatic amines is 1. The molecule has 2 aromatic rings. The van der Waals surface area contributed by atoms with Gasteiger partial charge in [-0.25, -0.2) is 9.89 Å². The number of carbonyl (C=O) groups excluding carboxylic acids is 1. The lowest BCUT2D eigenvalue weighted by atomic mass is 9.96. The number of H-pyrrole nitrogens is 1. The van der Waals surface area contributed by atoms with E-state index in [1.165, 1.54) is 0 Å². The van der Waals surface area contributed by atoms with Crippen LogP contribution < -0.4 is 5.76 Å². The van der Waals surface area contributed by atoms with Gasteiger partial charge in [0.1, 0.15) is 0 Å². The first kappa shape index (κ1) is 14.5. The maximum atomic E-state index is 12.2. The zero-order valence-corrected chi connectivity index (χ0v) is 12.2. The van der Waals surface area contributed by atoms with Gasteiger partial charge in [-0.05, 0) is 37.0 Å². The van der Waals surface area contributed by atoms with Crippen molar-refractivity contribution in [1.29, 1.82) is 0 Å². The van der Waals surface area contributed by atoms with Crippen LogP contribution in [0.5, 0.6) is 0 Å². The fourth-order valence-electron chi connectivity index (χ4n) is 2.75. The van der Waals surface area contributed by atoms with Crippen LogP contribution in [0, 0.1) is 0 Å². The van der Waals surface area contributed by atoms with Gasteiger partial charge in [-0.1, -0.05) is 0 Å². The van der Waals surface area contributed by atoms with Gasteiger partial charge >= 0.3 is 5.76 Å². The lowest BCUT2D eigenvalue weighted by Gasteiger charge is -2.30. The van der Waals surface area contributed by atoms with Gasteiger partial charge in [-0.3, -0.25) is 9.78 Å². The summed E-state index contributed by atoms with van der Waals surface area (Å²) in [6.07, 6.45) is 6.26. The number of hydrogen-bond donors (Lipinski definition) is 1. The van der Waals surface area contributed by atoms with Gasteiger partial charge in [0.2, 0.25) is 11.8 Å². The predicted octanol–water partition coefficient (Wildman–Crippen LogP) is 1.10. The van der Waals surface area contributed by atoms with Gasteiger partial charge in [-0.2, -0.15) is 0 Å². The van der Waals surface area contributed by atoms with E-state index in [1.54, 1.807) is 12.4 Å². The number of nitrogens with one attached hydrogen (secondary N) is 1. The Labute approximate surface area is 127 Å². The molecule has 0 radical (unpaired) electrons. The molecule has 0 aliphatic carbocycles. The second-order valence-corrected chi connectivity index (χ2v) is 5.46. The molecule has 0 bridgehead atoms. The van der Waals surface area contributed by atoms with E-state index in [1.807, 2.05) is 17.0 Å². The van der Waals surface area contributed by atoms with Crippen LogP contribution in [-0.4, -0.2) is 39.1 Å². The molecule has 2 aromatic heterocycles. The largest absolute Gasteiger partial charge is 0.434 e. The molecule has 0 unspecified atom stereocenters. The summed E-state index contributed by atoms with van der Waals surface area (Å²) in [4.78, 5) is 29.0. The van der Waals surface area contributed by atoms with Crippen molar-refractivity contribution in [3.05, 3.63) is 46.5 Å². The molecule has 0 aromatic carbocycles. The molecule has 7 nitrogen and oxygen atoms in total. The third kappa shape index (κ3) is 3.41. The van der Waals surface area contributed by atoms with E-state index in [-0.39, 0.29) is 11.8 Å². The van der Waals surface area contributed by atoms with E-state index in [0.717, 1.165) is 24.8 Å². The summed E-state index contributed by atoms with van der Waals surface area (Å²) >= 11 is 0. The van der Waals surface area contributed by atoms with Gasteiger partial charge in [0, 0.05) is 37.8 Å². The summed E-state index contributed by atoms with van der Waals surface area (Å²) < 4.78 is 4.99. The van der Waals surface area contributed by atoms with Crippen molar-refractivity contribution in [2.75, 3.05) is 13.1 Å². The standard InChI is InChI=1S/C15H18N4O3/c20-13(2-1-11-3-7-16-8-4-11)19-9-5-12(6-10-19)14-17-18-15(21)22-14/h3-4,7-8,12H,1-2,5-6,9-10H2,(H,18,21). The molecule has 0 atom stereocenters. The third-order valence-corrected chi connectivity index (χ3v) is 4.03. The normalized spacial score (nSPS) is 15.9. The van der Waals surface area contributed by atoms with Crippen LogP contribution in [-0.2, 0) is 11.2 Å². The van der Waals surface area contributed by atoms with E-state index >= 15 is 0 Å². The smallest absolute Gasteiger partial charge is 0.392 e. The monoisotopic (exact) mass is 302 g/mol. The molecule has 0 saturated carbocycles. The van der Waals surface area contributed by atoms with Crippen LogP contribution in [0.15, 0.2) is 33.7 Å². The van der Waals surface area contributed by atoms with Crippen LogP contribution in [0.4, 0.5) is 0 Å². The zero-order valence-electron chi connectivity index (χ0n) is 12.2. The molecular formula is C15H18N4O3. The number of piperidine rings is 1. The SMILES string of the molecule is O=C(CCc1ccncc1)N1CCC(c2n[nH]c(=O)o2)CC1. The first-order chi connectivity index (χ1) is 10.7. The fourth-order valence-corrected chi connectivity index (χ4v) is 2.75. The van der Waals surface area contributed by atoms with Gasteiger partial charge in [0.25, 0.3) is 0 Å². The van der Waals surface area contributed by atoms with Gasteiger partial charge in [0.15, 0.2) is 0 Å². The summed E-state index contributed by atoms with van der Waals surface area (Å²) in [6.45, 7) is 1.35. The summed E-state index contributed by atoms with van der Waals surface area (Å²) in [7, 11) is 0. The quantitative estimate of drug-likeness (QED) is 0.913. The van der Waals surface area contributed by atoms with E-state index < -0.39 is 5.76 Å². The molecule has 0 spiro atoms. The molecule has 1 fully saturated rings. The first-order valence-electron chi connectivity index (χ1n) is 7.44. The Kier molecular flexibility index (Phi) is 4.32. The Hall–Kier alpha value is -2.44. The van der Waals surface area contributed by atoms with Crippen molar-refractivity contribution in [3.8, 4) is 0 Å². The van der Waals surface area contributed by atoms with Crippen molar-refractivity contribution in [3.63, 3.8) is 0 Å². The number of amides is 1. The molecule has 1 aliphatic heterocycles. The highest BCUT2D eigenvalue weighted by Gasteiger charge is 2.26. The van der Waals surface area contributed by atoms with E-state index in [4.69, 9.17) is 4.42 Å². The van der Waals surface area contributed by atoms with Gasteiger partial charge < -0.3 is 9.32 Å². The average molecular weight is 302 g/mol. The summed E-state index contributed by atoms with van der Waals surface area (Å²) in [5, 5.41) is 6.15. The molecule has 7 heteroatoms. The third-order valence-electron chi connectivity index (χ3n) is 4.03. The first-order valence-corrected chi connectivity index (χ1v) is 7.44. The second kappa shape index (κ2) is 6.55. The molecule has 3 rings (SSSR count). The minimum atomic E-state index is -0.522. The highest BCUT2D eigenvalue weighted by molar-refractivity contribution is 5.76.